The summed E-state index contributed by atoms with van der Waals surface area (Å²) < 4.78 is 48.6. The maximum absolute atomic E-state index is 13.0. The second-order valence-corrected chi connectivity index (χ2v) is 4.15. The number of nitrogens with one attached hydrogen (secondary N) is 1. The zero-order chi connectivity index (χ0) is 14.8. The number of anilines is 1. The molecule has 2 atom stereocenters. The number of hydrogen-bond acceptors (Lipinski definition) is 4. The Morgan fingerprint density at radius 1 is 1.30 bits per heavy atom. The lowest BCUT2D eigenvalue weighted by Crippen LogP contribution is -2.45. The summed E-state index contributed by atoms with van der Waals surface area (Å²) in [5.74, 6) is -0.243. The van der Waals surface area contributed by atoms with Crippen LogP contribution >= 0.6 is 0 Å². The number of hydrogen-bond donors (Lipinski definition) is 1. The molecule has 0 saturated heterocycles. The van der Waals surface area contributed by atoms with Gasteiger partial charge in [-0.05, 0) is 30.3 Å². The Kier molecular flexibility index (Phi) is 3.87. The van der Waals surface area contributed by atoms with Crippen LogP contribution in [0.3, 0.4) is 0 Å². The van der Waals surface area contributed by atoms with E-state index in [4.69, 9.17) is 4.74 Å². The summed E-state index contributed by atoms with van der Waals surface area (Å²) in [6.45, 7) is 0. The van der Waals surface area contributed by atoms with E-state index in [0.29, 0.717) is 5.75 Å². The molecule has 1 heterocycles. The summed E-state index contributed by atoms with van der Waals surface area (Å²) in [5.41, 5.74) is 0.254. The van der Waals surface area contributed by atoms with Crippen LogP contribution in [0.5, 0.6) is 5.75 Å². The van der Waals surface area contributed by atoms with Gasteiger partial charge in [-0.25, -0.2) is 4.79 Å². The summed E-state index contributed by atoms with van der Waals surface area (Å²) in [6.07, 6.45) is -3.85. The first-order valence-corrected chi connectivity index (χ1v) is 5.76. The fraction of sp³-hybridized carbons (Fsp3) is 0.308. The van der Waals surface area contributed by atoms with Gasteiger partial charge in [-0.2, -0.15) is 13.2 Å². The molecule has 1 aliphatic heterocycles. The molecule has 0 fully saturated rings. The highest BCUT2D eigenvalue weighted by molar-refractivity contribution is 5.84. The summed E-state index contributed by atoms with van der Waals surface area (Å²) in [6, 6.07) is 3.98. The highest BCUT2D eigenvalue weighted by atomic mass is 19.4. The van der Waals surface area contributed by atoms with Crippen molar-refractivity contribution in [1.82, 2.24) is 0 Å². The van der Waals surface area contributed by atoms with Gasteiger partial charge in [-0.1, -0.05) is 0 Å². The molecule has 2 rings (SSSR count). The van der Waals surface area contributed by atoms with Gasteiger partial charge >= 0.3 is 12.1 Å². The molecule has 0 aliphatic carbocycles. The number of benzene rings is 1. The molecule has 0 unspecified atom stereocenters. The maximum atomic E-state index is 13.0. The van der Waals surface area contributed by atoms with E-state index in [1.165, 1.54) is 31.4 Å². The molecule has 108 valence electrons. The van der Waals surface area contributed by atoms with E-state index < -0.39 is 24.3 Å². The fourth-order valence-corrected chi connectivity index (χ4v) is 1.78. The van der Waals surface area contributed by atoms with Gasteiger partial charge in [0.2, 0.25) is 0 Å². The molecule has 7 heteroatoms. The van der Waals surface area contributed by atoms with Gasteiger partial charge < -0.3 is 14.8 Å². The number of halogens is 3. The Hall–Kier alpha value is -2.18. The van der Waals surface area contributed by atoms with Crippen molar-refractivity contribution in [3.63, 3.8) is 0 Å². The molecule has 0 bridgehead atoms. The third kappa shape index (κ3) is 3.23. The quantitative estimate of drug-likeness (QED) is 0.864. The van der Waals surface area contributed by atoms with Crippen molar-refractivity contribution in [3.05, 3.63) is 36.4 Å². The van der Waals surface area contributed by atoms with Gasteiger partial charge in [0, 0.05) is 11.8 Å². The van der Waals surface area contributed by atoms with Crippen LogP contribution in [-0.4, -0.2) is 31.4 Å². The Balaban J connectivity index is 2.15. The highest BCUT2D eigenvalue weighted by Gasteiger charge is 2.47. The fourth-order valence-electron chi connectivity index (χ4n) is 1.78. The van der Waals surface area contributed by atoms with Gasteiger partial charge in [-0.3, -0.25) is 0 Å². The maximum Gasteiger partial charge on any atom is 0.412 e. The molecule has 4 nitrogen and oxygen atoms in total. The monoisotopic (exact) mass is 287 g/mol. The van der Waals surface area contributed by atoms with E-state index in [1.54, 1.807) is 0 Å². The molecule has 0 saturated carbocycles. The summed E-state index contributed by atoms with van der Waals surface area (Å²) in [7, 11) is 1.46. The first-order chi connectivity index (χ1) is 9.40. The predicted octanol–water partition coefficient (Wildman–Crippen LogP) is 2.52. The number of methoxy groups -OCH3 is 1. The minimum Gasteiger partial charge on any atom is -0.497 e. The van der Waals surface area contributed by atoms with E-state index in [9.17, 15) is 18.0 Å². The van der Waals surface area contributed by atoms with Gasteiger partial charge in [0.25, 0.3) is 0 Å². The van der Waals surface area contributed by atoms with Crippen molar-refractivity contribution < 1.29 is 27.4 Å². The molecule has 0 spiro atoms. The van der Waals surface area contributed by atoms with E-state index in [0.717, 1.165) is 12.2 Å². The average molecular weight is 287 g/mol. The third-order valence-corrected chi connectivity index (χ3v) is 2.77. The highest BCUT2D eigenvalue weighted by Crippen LogP contribution is 2.30. The lowest BCUT2D eigenvalue weighted by molar-refractivity contribution is -0.167. The molecule has 0 radical (unpaired) electrons. The molecule has 20 heavy (non-hydrogen) atoms. The minimum absolute atomic E-state index is 0.254. The molecule has 1 N–H and O–H groups in total. The average Bonchev–Trinajstić information content (AvgIpc) is 2.81. The zero-order valence-electron chi connectivity index (χ0n) is 10.5. The molecule has 1 aliphatic rings. The summed E-state index contributed by atoms with van der Waals surface area (Å²) in [5, 5.41) is 2.32. The van der Waals surface area contributed by atoms with E-state index in [-0.39, 0.29) is 5.69 Å². The molecular formula is C13H12F3NO3. The van der Waals surface area contributed by atoms with Gasteiger partial charge in [0.15, 0.2) is 6.04 Å². The number of alkyl halides is 3. The normalized spacial score (nSPS) is 19.6. The smallest absolute Gasteiger partial charge is 0.412 e. The van der Waals surface area contributed by atoms with Crippen molar-refractivity contribution in [2.75, 3.05) is 12.4 Å². The van der Waals surface area contributed by atoms with Crippen LogP contribution < -0.4 is 10.1 Å². The Bertz CT molecular complexity index is 511. The van der Waals surface area contributed by atoms with E-state index in [1.807, 2.05) is 0 Å². The standard InChI is InChI=1S/C13H12F3NO3/c1-19-9-4-2-8(3-5-9)17-12(13(14,15)16)10-6-7-11(18)20-10/h2-7,10,12,17H,1H3/t10-,12-/m1/s1. The zero-order valence-corrected chi connectivity index (χ0v) is 10.5. The van der Waals surface area contributed by atoms with Gasteiger partial charge in [0.05, 0.1) is 7.11 Å². The summed E-state index contributed by atoms with van der Waals surface area (Å²) >= 11 is 0. The number of ether oxygens (including phenoxy) is 2. The topological polar surface area (TPSA) is 47.6 Å². The minimum atomic E-state index is -4.56. The number of rotatable bonds is 4. The number of esters is 1. The number of carbonyl (C=O) groups excluding carboxylic acids is 1. The van der Waals surface area contributed by atoms with Crippen molar-refractivity contribution in [2.45, 2.75) is 18.3 Å². The van der Waals surface area contributed by atoms with Crippen molar-refractivity contribution in [2.24, 2.45) is 0 Å². The molecule has 0 amide bonds. The predicted molar refractivity (Wildman–Crippen MR) is 65.5 cm³/mol. The van der Waals surface area contributed by atoms with Gasteiger partial charge in [-0.15, -0.1) is 0 Å². The molecule has 1 aromatic rings. The van der Waals surface area contributed by atoms with Gasteiger partial charge in [0.1, 0.15) is 11.9 Å². The first kappa shape index (κ1) is 14.2. The summed E-state index contributed by atoms with van der Waals surface area (Å²) in [4.78, 5) is 10.9. The molecular weight excluding hydrogens is 275 g/mol. The lowest BCUT2D eigenvalue weighted by atomic mass is 10.1. The Morgan fingerprint density at radius 2 is 1.95 bits per heavy atom. The van der Waals surface area contributed by atoms with Crippen LogP contribution in [0.1, 0.15) is 0 Å². The largest absolute Gasteiger partial charge is 0.497 e. The SMILES string of the molecule is COc1ccc(N[C@H]([C@H]2C=CC(=O)O2)C(F)(F)F)cc1. The van der Waals surface area contributed by atoms with Crippen LogP contribution in [0, 0.1) is 0 Å². The van der Waals surface area contributed by atoms with Crippen molar-refractivity contribution >= 4 is 11.7 Å². The second kappa shape index (κ2) is 5.44. The van der Waals surface area contributed by atoms with E-state index >= 15 is 0 Å². The van der Waals surface area contributed by atoms with Crippen molar-refractivity contribution in [3.8, 4) is 5.75 Å². The van der Waals surface area contributed by atoms with Crippen LogP contribution in [-0.2, 0) is 9.53 Å². The van der Waals surface area contributed by atoms with Crippen molar-refractivity contribution in [1.29, 1.82) is 0 Å². The first-order valence-electron chi connectivity index (χ1n) is 5.76. The van der Waals surface area contributed by atoms with Crippen LogP contribution in [0.25, 0.3) is 0 Å². The number of cyclic esters (lactones) is 1. The van der Waals surface area contributed by atoms with Crippen LogP contribution in [0.4, 0.5) is 18.9 Å². The van der Waals surface area contributed by atoms with E-state index in [2.05, 4.69) is 10.1 Å². The van der Waals surface area contributed by atoms with Crippen LogP contribution in [0.15, 0.2) is 36.4 Å². The Morgan fingerprint density at radius 3 is 2.40 bits per heavy atom. The lowest BCUT2D eigenvalue weighted by Gasteiger charge is -2.26. The molecule has 1 aromatic carbocycles. The molecule has 0 aromatic heterocycles. The Labute approximate surface area is 113 Å². The third-order valence-electron chi connectivity index (χ3n) is 2.77. The number of carbonyl (C=O) groups is 1. The second-order valence-electron chi connectivity index (χ2n) is 4.15. The van der Waals surface area contributed by atoms with Crippen LogP contribution in [0.2, 0.25) is 0 Å².